The van der Waals surface area contributed by atoms with Gasteiger partial charge in [0.25, 0.3) is 0 Å². The molecule has 0 bridgehead atoms. The Hall–Kier alpha value is -1.10. The average molecular weight is 281 g/mol. The van der Waals surface area contributed by atoms with Crippen molar-refractivity contribution in [1.82, 2.24) is 5.32 Å². The second-order valence-electron chi connectivity index (χ2n) is 5.02. The zero-order chi connectivity index (χ0) is 14.8. The van der Waals surface area contributed by atoms with Gasteiger partial charge < -0.3 is 19.9 Å². The van der Waals surface area contributed by atoms with Gasteiger partial charge >= 0.3 is 0 Å². The SMILES string of the molecule is CCC(O)(CC)CNCc1ccc(OCCOC)cc1. The molecule has 0 atom stereocenters. The molecule has 0 fully saturated rings. The molecule has 0 aromatic heterocycles. The highest BCUT2D eigenvalue weighted by Gasteiger charge is 2.20. The molecule has 0 amide bonds. The molecule has 0 saturated heterocycles. The second-order valence-corrected chi connectivity index (χ2v) is 5.02. The van der Waals surface area contributed by atoms with Gasteiger partial charge in [0.05, 0.1) is 12.2 Å². The van der Waals surface area contributed by atoms with Gasteiger partial charge in [0.2, 0.25) is 0 Å². The molecule has 1 aromatic carbocycles. The zero-order valence-corrected chi connectivity index (χ0v) is 12.8. The summed E-state index contributed by atoms with van der Waals surface area (Å²) < 4.78 is 10.4. The molecule has 0 radical (unpaired) electrons. The third-order valence-corrected chi connectivity index (χ3v) is 3.58. The van der Waals surface area contributed by atoms with E-state index in [0.717, 1.165) is 25.1 Å². The van der Waals surface area contributed by atoms with E-state index >= 15 is 0 Å². The predicted octanol–water partition coefficient (Wildman–Crippen LogP) is 2.35. The monoisotopic (exact) mass is 281 g/mol. The van der Waals surface area contributed by atoms with Gasteiger partial charge in [-0.3, -0.25) is 0 Å². The van der Waals surface area contributed by atoms with Crippen LogP contribution in [0.3, 0.4) is 0 Å². The molecule has 0 unspecified atom stereocenters. The normalized spacial score (nSPS) is 11.6. The van der Waals surface area contributed by atoms with E-state index in [1.165, 1.54) is 5.56 Å². The van der Waals surface area contributed by atoms with Crippen LogP contribution in [0.25, 0.3) is 0 Å². The number of hydrogen-bond acceptors (Lipinski definition) is 4. The zero-order valence-electron chi connectivity index (χ0n) is 12.8. The molecule has 2 N–H and O–H groups in total. The van der Waals surface area contributed by atoms with Crippen LogP contribution in [0, 0.1) is 0 Å². The van der Waals surface area contributed by atoms with E-state index in [4.69, 9.17) is 9.47 Å². The molecule has 20 heavy (non-hydrogen) atoms. The number of methoxy groups -OCH3 is 1. The Morgan fingerprint density at radius 3 is 2.30 bits per heavy atom. The number of nitrogens with one attached hydrogen (secondary N) is 1. The largest absolute Gasteiger partial charge is 0.491 e. The highest BCUT2D eigenvalue weighted by Crippen LogP contribution is 2.14. The van der Waals surface area contributed by atoms with Crippen molar-refractivity contribution in [2.45, 2.75) is 38.8 Å². The van der Waals surface area contributed by atoms with Crippen molar-refractivity contribution >= 4 is 0 Å². The van der Waals surface area contributed by atoms with E-state index in [1.54, 1.807) is 7.11 Å². The molecule has 0 heterocycles. The van der Waals surface area contributed by atoms with Crippen molar-refractivity contribution in [2.75, 3.05) is 26.9 Å². The maximum absolute atomic E-state index is 10.2. The van der Waals surface area contributed by atoms with Crippen LogP contribution < -0.4 is 10.1 Å². The first-order valence-electron chi connectivity index (χ1n) is 7.27. The summed E-state index contributed by atoms with van der Waals surface area (Å²) in [7, 11) is 1.66. The van der Waals surface area contributed by atoms with Crippen molar-refractivity contribution in [3.8, 4) is 5.75 Å². The van der Waals surface area contributed by atoms with Gasteiger partial charge in [-0.1, -0.05) is 26.0 Å². The first kappa shape index (κ1) is 17.0. The maximum atomic E-state index is 10.2. The molecule has 0 aliphatic rings. The van der Waals surface area contributed by atoms with Gasteiger partial charge in [0.1, 0.15) is 12.4 Å². The van der Waals surface area contributed by atoms with E-state index in [2.05, 4.69) is 5.32 Å². The summed E-state index contributed by atoms with van der Waals surface area (Å²) in [4.78, 5) is 0. The van der Waals surface area contributed by atoms with Crippen LogP contribution in [-0.2, 0) is 11.3 Å². The Balaban J connectivity index is 2.34. The second kappa shape index (κ2) is 8.95. The molecule has 1 aromatic rings. The molecular formula is C16H27NO3. The smallest absolute Gasteiger partial charge is 0.119 e. The fourth-order valence-electron chi connectivity index (χ4n) is 1.89. The predicted molar refractivity (Wildman–Crippen MR) is 81.1 cm³/mol. The van der Waals surface area contributed by atoms with Gasteiger partial charge in [-0.15, -0.1) is 0 Å². The lowest BCUT2D eigenvalue weighted by Crippen LogP contribution is -2.39. The third-order valence-electron chi connectivity index (χ3n) is 3.58. The lowest BCUT2D eigenvalue weighted by atomic mass is 9.97. The summed E-state index contributed by atoms with van der Waals surface area (Å²) in [6, 6.07) is 7.98. The van der Waals surface area contributed by atoms with Crippen LogP contribution in [0.5, 0.6) is 5.75 Å². The Labute approximate surface area is 122 Å². The molecular weight excluding hydrogens is 254 g/mol. The minimum atomic E-state index is -0.594. The van der Waals surface area contributed by atoms with E-state index in [0.29, 0.717) is 19.8 Å². The van der Waals surface area contributed by atoms with E-state index < -0.39 is 5.60 Å². The fraction of sp³-hybridized carbons (Fsp3) is 0.625. The Bertz CT molecular complexity index is 360. The molecule has 4 heteroatoms. The maximum Gasteiger partial charge on any atom is 0.119 e. The van der Waals surface area contributed by atoms with Crippen molar-refractivity contribution in [3.05, 3.63) is 29.8 Å². The van der Waals surface area contributed by atoms with E-state index in [-0.39, 0.29) is 0 Å². The molecule has 0 aliphatic heterocycles. The van der Waals surface area contributed by atoms with Crippen LogP contribution in [0.1, 0.15) is 32.3 Å². The summed E-state index contributed by atoms with van der Waals surface area (Å²) in [5.74, 6) is 0.851. The number of aliphatic hydroxyl groups is 1. The van der Waals surface area contributed by atoms with Crippen LogP contribution in [0.2, 0.25) is 0 Å². The van der Waals surface area contributed by atoms with Gasteiger partial charge in [0.15, 0.2) is 0 Å². The summed E-state index contributed by atoms with van der Waals surface area (Å²) in [5.41, 5.74) is 0.585. The molecule has 114 valence electrons. The van der Waals surface area contributed by atoms with Gasteiger partial charge in [-0.25, -0.2) is 0 Å². The molecule has 0 aliphatic carbocycles. The summed E-state index contributed by atoms with van der Waals surface area (Å²) in [6.45, 7) is 6.55. The first-order valence-corrected chi connectivity index (χ1v) is 7.27. The Morgan fingerprint density at radius 1 is 1.10 bits per heavy atom. The molecule has 0 saturated carbocycles. The summed E-state index contributed by atoms with van der Waals surface area (Å²) in [5, 5.41) is 13.5. The minimum Gasteiger partial charge on any atom is -0.491 e. The van der Waals surface area contributed by atoms with Crippen LogP contribution in [0.4, 0.5) is 0 Å². The lowest BCUT2D eigenvalue weighted by molar-refractivity contribution is 0.0323. The number of hydrogen-bond donors (Lipinski definition) is 2. The van der Waals surface area contributed by atoms with Crippen molar-refractivity contribution < 1.29 is 14.6 Å². The van der Waals surface area contributed by atoms with E-state index in [9.17, 15) is 5.11 Å². The number of benzene rings is 1. The highest BCUT2D eigenvalue weighted by molar-refractivity contribution is 5.27. The quantitative estimate of drug-likeness (QED) is 0.646. The topological polar surface area (TPSA) is 50.7 Å². The fourth-order valence-corrected chi connectivity index (χ4v) is 1.89. The lowest BCUT2D eigenvalue weighted by Gasteiger charge is -2.25. The van der Waals surface area contributed by atoms with Crippen molar-refractivity contribution in [2.24, 2.45) is 0 Å². The summed E-state index contributed by atoms with van der Waals surface area (Å²) in [6.07, 6.45) is 1.53. The molecule has 0 spiro atoms. The Morgan fingerprint density at radius 2 is 1.75 bits per heavy atom. The molecule has 1 rings (SSSR count). The van der Waals surface area contributed by atoms with Crippen molar-refractivity contribution in [3.63, 3.8) is 0 Å². The van der Waals surface area contributed by atoms with E-state index in [1.807, 2.05) is 38.1 Å². The van der Waals surface area contributed by atoms with Gasteiger partial charge in [0, 0.05) is 20.2 Å². The standard InChI is InChI=1S/C16H27NO3/c1-4-16(18,5-2)13-17-12-14-6-8-15(9-7-14)20-11-10-19-3/h6-9,17-18H,4-5,10-13H2,1-3H3. The Kier molecular flexibility index (Phi) is 7.59. The number of ether oxygens (including phenoxy) is 2. The molecule has 4 nitrogen and oxygen atoms in total. The number of rotatable bonds is 10. The van der Waals surface area contributed by atoms with Crippen molar-refractivity contribution in [1.29, 1.82) is 0 Å². The summed E-state index contributed by atoms with van der Waals surface area (Å²) >= 11 is 0. The van der Waals surface area contributed by atoms with Crippen LogP contribution in [0.15, 0.2) is 24.3 Å². The average Bonchev–Trinajstić information content (AvgIpc) is 2.49. The van der Waals surface area contributed by atoms with Crippen LogP contribution >= 0.6 is 0 Å². The van der Waals surface area contributed by atoms with Crippen LogP contribution in [-0.4, -0.2) is 37.6 Å². The van der Waals surface area contributed by atoms with Gasteiger partial charge in [-0.05, 0) is 30.5 Å². The minimum absolute atomic E-state index is 0.564. The van der Waals surface area contributed by atoms with Gasteiger partial charge in [-0.2, -0.15) is 0 Å². The highest BCUT2D eigenvalue weighted by atomic mass is 16.5. The third kappa shape index (κ3) is 5.90. The first-order chi connectivity index (χ1) is 9.63.